The fourth-order valence-corrected chi connectivity index (χ4v) is 5.85. The number of hydrogen-bond acceptors (Lipinski definition) is 5. The smallest absolute Gasteiger partial charge is 0.244 e. The van der Waals surface area contributed by atoms with Crippen molar-refractivity contribution >= 4 is 43.6 Å². The Bertz CT molecular complexity index is 765. The van der Waals surface area contributed by atoms with Crippen LogP contribution in [0.15, 0.2) is 34.4 Å². The molecule has 1 aliphatic heterocycles. The molecule has 1 fully saturated rings. The number of nitrogens with one attached hydrogen (secondary N) is 1. The number of rotatable bonds is 10. The predicted octanol–water partition coefficient (Wildman–Crippen LogP) is 4.70. The maximum Gasteiger partial charge on any atom is 0.244 e. The second kappa shape index (κ2) is 12.6. The summed E-state index contributed by atoms with van der Waals surface area (Å²) < 4.78 is 11.7. The molecule has 6 nitrogen and oxygen atoms in total. The average Bonchev–Trinajstić information content (AvgIpc) is 3.10. The molecule has 1 spiro atoms. The number of carbonyl (C=O) groups is 2. The highest BCUT2D eigenvalue weighted by atomic mass is 79.9. The molecule has 8 heteroatoms. The Morgan fingerprint density at radius 3 is 2.78 bits per heavy atom. The number of aliphatic hydroxyl groups excluding tert-OH is 1. The van der Waals surface area contributed by atoms with Crippen LogP contribution in [0.5, 0.6) is 0 Å². The van der Waals surface area contributed by atoms with Crippen LogP contribution >= 0.6 is 31.9 Å². The molecule has 0 aromatic carbocycles. The molecule has 1 aliphatic carbocycles. The lowest BCUT2D eigenvalue weighted by Gasteiger charge is -2.36. The molecule has 0 aromatic rings. The van der Waals surface area contributed by atoms with E-state index in [0.29, 0.717) is 10.4 Å². The molecule has 2 rings (SSSR count). The molecule has 2 N–H and O–H groups in total. The molecule has 0 aromatic heterocycles. The molecule has 1 amide bonds. The summed E-state index contributed by atoms with van der Waals surface area (Å²) in [5.41, 5.74) is -0.0903. The minimum Gasteiger partial charge on any atom is -0.388 e. The summed E-state index contributed by atoms with van der Waals surface area (Å²) in [6.45, 7) is 6.40. The molecule has 6 unspecified atom stereocenters. The van der Waals surface area contributed by atoms with Gasteiger partial charge in [0.2, 0.25) is 5.91 Å². The van der Waals surface area contributed by atoms with E-state index < -0.39 is 28.9 Å². The van der Waals surface area contributed by atoms with Gasteiger partial charge in [0.1, 0.15) is 16.5 Å². The second-order valence-corrected chi connectivity index (χ2v) is 10.6. The van der Waals surface area contributed by atoms with Crippen molar-refractivity contribution < 1.29 is 24.2 Å². The summed E-state index contributed by atoms with van der Waals surface area (Å²) in [7, 11) is 1.48. The Morgan fingerprint density at radius 1 is 1.41 bits per heavy atom. The van der Waals surface area contributed by atoms with E-state index in [2.05, 4.69) is 57.1 Å². The van der Waals surface area contributed by atoms with Gasteiger partial charge in [-0.15, -0.1) is 0 Å². The molecule has 32 heavy (non-hydrogen) atoms. The first kappa shape index (κ1) is 27.4. The third-order valence-corrected chi connectivity index (χ3v) is 7.49. The molecule has 0 saturated carbocycles. The van der Waals surface area contributed by atoms with E-state index in [1.165, 1.54) is 38.9 Å². The molecule has 1 heterocycles. The summed E-state index contributed by atoms with van der Waals surface area (Å²) >= 11 is 6.49. The summed E-state index contributed by atoms with van der Waals surface area (Å²) in [6, 6.07) is -0.474. The van der Waals surface area contributed by atoms with Crippen molar-refractivity contribution in [2.45, 2.75) is 88.2 Å². The summed E-state index contributed by atoms with van der Waals surface area (Å²) in [5.74, 6) is -0.0442. The van der Waals surface area contributed by atoms with Crippen LogP contribution in [0.3, 0.4) is 0 Å². The topological polar surface area (TPSA) is 84.9 Å². The van der Waals surface area contributed by atoms with Gasteiger partial charge in [0, 0.05) is 19.6 Å². The Labute approximate surface area is 208 Å². The molecule has 1 saturated heterocycles. The first-order chi connectivity index (χ1) is 15.1. The number of halogens is 2. The maximum absolute atomic E-state index is 12.5. The molecule has 0 bridgehead atoms. The predicted molar refractivity (Wildman–Crippen MR) is 133 cm³/mol. The van der Waals surface area contributed by atoms with Gasteiger partial charge in [-0.3, -0.25) is 9.59 Å². The number of unbranched alkanes of at least 4 members (excludes halogenated alkanes) is 3. The normalized spacial score (nSPS) is 31.9. The average molecular weight is 577 g/mol. The van der Waals surface area contributed by atoms with Crippen LogP contribution in [0.2, 0.25) is 0 Å². The minimum absolute atomic E-state index is 0.252. The fraction of sp³-hybridized carbons (Fsp3) is 0.667. The standard InChI is InChI=1S/C24H35Br2NO5/c1-5-6-7-8-9-15(2)12-16(3)10-11-19(28)27-18-14-24(32-23(18)31-4)13-17(25)21(29)20(26)22(24)30/h10-13,15,18,20,22-23,30H,5-9,14H2,1-4H3,(H,27,28). The number of Topliss-reactive ketones (excluding diaryl/α,β-unsaturated/α-hetero) is 1. The summed E-state index contributed by atoms with van der Waals surface area (Å²) in [5, 5.41) is 13.6. The van der Waals surface area contributed by atoms with Gasteiger partial charge in [0.25, 0.3) is 0 Å². The number of carbonyl (C=O) groups excluding carboxylic acids is 2. The van der Waals surface area contributed by atoms with Crippen molar-refractivity contribution in [3.05, 3.63) is 34.4 Å². The van der Waals surface area contributed by atoms with Crippen molar-refractivity contribution in [2.24, 2.45) is 5.92 Å². The quantitative estimate of drug-likeness (QED) is 0.170. The van der Waals surface area contributed by atoms with Crippen LogP contribution in [0.1, 0.15) is 59.3 Å². The zero-order chi connectivity index (χ0) is 23.9. The highest BCUT2D eigenvalue weighted by Crippen LogP contribution is 2.43. The lowest BCUT2D eigenvalue weighted by atomic mass is 9.84. The lowest BCUT2D eigenvalue weighted by Crippen LogP contribution is -2.52. The van der Waals surface area contributed by atoms with Gasteiger partial charge in [0.15, 0.2) is 12.1 Å². The van der Waals surface area contributed by atoms with Crippen LogP contribution in [0.4, 0.5) is 0 Å². The highest BCUT2D eigenvalue weighted by molar-refractivity contribution is 9.12. The molecular formula is C24H35Br2NO5. The van der Waals surface area contributed by atoms with E-state index in [0.717, 1.165) is 12.0 Å². The number of ketones is 1. The van der Waals surface area contributed by atoms with Gasteiger partial charge in [-0.05, 0) is 41.3 Å². The maximum atomic E-state index is 12.5. The van der Waals surface area contributed by atoms with Crippen molar-refractivity contribution in [3.8, 4) is 0 Å². The minimum atomic E-state index is -1.13. The van der Waals surface area contributed by atoms with Gasteiger partial charge in [-0.2, -0.15) is 0 Å². The van der Waals surface area contributed by atoms with Crippen LogP contribution < -0.4 is 5.32 Å². The number of aliphatic hydroxyl groups is 1. The molecule has 2 aliphatic rings. The van der Waals surface area contributed by atoms with Crippen molar-refractivity contribution in [1.29, 1.82) is 0 Å². The van der Waals surface area contributed by atoms with E-state index in [4.69, 9.17) is 9.47 Å². The van der Waals surface area contributed by atoms with Gasteiger partial charge >= 0.3 is 0 Å². The summed E-state index contributed by atoms with van der Waals surface area (Å²) in [6.07, 6.45) is 11.7. The number of allylic oxidation sites excluding steroid dienone is 4. The molecular weight excluding hydrogens is 542 g/mol. The number of amides is 1. The largest absolute Gasteiger partial charge is 0.388 e. The number of hydrogen-bond donors (Lipinski definition) is 2. The number of ether oxygens (including phenoxy) is 2. The second-order valence-electron chi connectivity index (χ2n) is 8.77. The van der Waals surface area contributed by atoms with Crippen molar-refractivity contribution in [3.63, 3.8) is 0 Å². The molecule has 0 radical (unpaired) electrons. The Hall–Kier alpha value is -0.800. The van der Waals surface area contributed by atoms with E-state index in [1.807, 2.05) is 13.0 Å². The summed E-state index contributed by atoms with van der Waals surface area (Å²) in [4.78, 5) is 23.8. The van der Waals surface area contributed by atoms with Gasteiger partial charge in [0.05, 0.1) is 10.5 Å². The zero-order valence-corrected chi connectivity index (χ0v) is 22.4. The monoisotopic (exact) mass is 575 g/mol. The van der Waals surface area contributed by atoms with Crippen LogP contribution in [-0.2, 0) is 19.1 Å². The van der Waals surface area contributed by atoms with Crippen LogP contribution in [0.25, 0.3) is 0 Å². The van der Waals surface area contributed by atoms with Gasteiger partial charge < -0.3 is 19.9 Å². The number of alkyl halides is 1. The van der Waals surface area contributed by atoms with Crippen molar-refractivity contribution in [1.82, 2.24) is 5.32 Å². The van der Waals surface area contributed by atoms with Crippen LogP contribution in [-0.4, -0.2) is 52.8 Å². The van der Waals surface area contributed by atoms with E-state index in [9.17, 15) is 14.7 Å². The van der Waals surface area contributed by atoms with E-state index in [-0.39, 0.29) is 18.1 Å². The molecule has 6 atom stereocenters. The Kier molecular flexibility index (Phi) is 10.8. The lowest BCUT2D eigenvalue weighted by molar-refractivity contribution is -0.176. The van der Waals surface area contributed by atoms with E-state index >= 15 is 0 Å². The SMILES string of the molecule is CCCCCCC(C)C=C(C)C=CC(=O)NC1CC2(C=C(Br)C(=O)C(Br)C2O)OC1OC. The first-order valence-electron chi connectivity index (χ1n) is 11.3. The van der Waals surface area contributed by atoms with Gasteiger partial charge in [-0.25, -0.2) is 0 Å². The van der Waals surface area contributed by atoms with Crippen LogP contribution in [0, 0.1) is 5.92 Å². The van der Waals surface area contributed by atoms with Gasteiger partial charge in [-0.1, -0.05) is 73.2 Å². The Morgan fingerprint density at radius 2 is 2.12 bits per heavy atom. The Balaban J connectivity index is 1.97. The van der Waals surface area contributed by atoms with E-state index in [1.54, 1.807) is 6.08 Å². The zero-order valence-electron chi connectivity index (χ0n) is 19.3. The third-order valence-electron chi connectivity index (χ3n) is 5.96. The molecule has 180 valence electrons. The fourth-order valence-electron chi connectivity index (χ4n) is 4.21. The third kappa shape index (κ3) is 7.10. The van der Waals surface area contributed by atoms with Crippen molar-refractivity contribution in [2.75, 3.05) is 7.11 Å². The number of methoxy groups -OCH3 is 1. The highest BCUT2D eigenvalue weighted by Gasteiger charge is 2.56. The first-order valence-corrected chi connectivity index (χ1v) is 13.0.